The third kappa shape index (κ3) is 77.9. The molecule has 104 heavy (non-hydrogen) atoms. The minimum atomic E-state index is -4.97. The molecule has 0 aliphatic heterocycles. The van der Waals surface area contributed by atoms with Crippen LogP contribution in [0.15, 0.2) is 12.2 Å². The average molecular weight is 1520 g/mol. The van der Waals surface area contributed by atoms with Gasteiger partial charge in [-0.15, -0.1) is 0 Å². The fourth-order valence-corrected chi connectivity index (χ4v) is 14.6. The highest BCUT2D eigenvalue weighted by atomic mass is 31.2. The second kappa shape index (κ2) is 78.9. The molecule has 0 spiro atoms. The summed E-state index contributed by atoms with van der Waals surface area (Å²) in [4.78, 5) is 73.2. The Morgan fingerprint density at radius 2 is 0.442 bits per heavy atom. The lowest BCUT2D eigenvalue weighted by atomic mass is 10.0. The van der Waals surface area contributed by atoms with E-state index in [1.807, 2.05) is 0 Å². The van der Waals surface area contributed by atoms with Crippen LogP contribution in [0.2, 0.25) is 0 Å². The van der Waals surface area contributed by atoms with Crippen LogP contribution in [0, 0.1) is 0 Å². The molecule has 3 N–H and O–H groups in total. The van der Waals surface area contributed by atoms with Crippen molar-refractivity contribution in [3.05, 3.63) is 12.2 Å². The van der Waals surface area contributed by atoms with Crippen LogP contribution in [0.3, 0.4) is 0 Å². The van der Waals surface area contributed by atoms with E-state index in [0.717, 1.165) is 103 Å². The van der Waals surface area contributed by atoms with Crippen molar-refractivity contribution in [2.24, 2.45) is 0 Å². The third-order valence-corrected chi connectivity index (χ3v) is 21.7. The average Bonchev–Trinajstić information content (AvgIpc) is 1.21. The molecular weight excluding hydrogens is 1350 g/mol. The van der Waals surface area contributed by atoms with Gasteiger partial charge in [0.15, 0.2) is 12.2 Å². The molecule has 0 aliphatic rings. The second-order valence-corrected chi connectivity index (χ2v) is 33.1. The van der Waals surface area contributed by atoms with Gasteiger partial charge in [0, 0.05) is 25.7 Å². The van der Waals surface area contributed by atoms with Crippen LogP contribution in [0.5, 0.6) is 0 Å². The molecule has 19 heteroatoms. The predicted molar refractivity (Wildman–Crippen MR) is 428 cm³/mol. The summed E-state index contributed by atoms with van der Waals surface area (Å²) in [7, 11) is -9.93. The molecule has 0 rings (SSSR count). The van der Waals surface area contributed by atoms with E-state index in [0.29, 0.717) is 25.7 Å². The summed E-state index contributed by atoms with van der Waals surface area (Å²) in [5.74, 6) is -2.11. The van der Waals surface area contributed by atoms with Gasteiger partial charge in [-0.05, 0) is 51.4 Å². The van der Waals surface area contributed by atoms with Gasteiger partial charge in [0.1, 0.15) is 19.3 Å². The summed E-state index contributed by atoms with van der Waals surface area (Å²) in [6, 6.07) is 0. The van der Waals surface area contributed by atoms with E-state index in [4.69, 9.17) is 37.0 Å². The Balaban J connectivity index is 5.28. The van der Waals surface area contributed by atoms with Crippen LogP contribution in [0.4, 0.5) is 0 Å². The van der Waals surface area contributed by atoms with Gasteiger partial charge in [-0.3, -0.25) is 37.3 Å². The van der Waals surface area contributed by atoms with Crippen LogP contribution < -0.4 is 0 Å². The van der Waals surface area contributed by atoms with E-state index in [-0.39, 0.29) is 25.7 Å². The zero-order valence-electron chi connectivity index (χ0n) is 67.7. The number of unbranched alkanes of at least 4 members (excludes halogenated alkanes) is 57. The summed E-state index contributed by atoms with van der Waals surface area (Å²) in [5, 5.41) is 10.7. The zero-order valence-corrected chi connectivity index (χ0v) is 69.5. The quantitative estimate of drug-likeness (QED) is 0.0169. The number of esters is 4. The maximum Gasteiger partial charge on any atom is 0.472 e. The van der Waals surface area contributed by atoms with Gasteiger partial charge in [-0.2, -0.15) is 0 Å². The molecule has 17 nitrogen and oxygen atoms in total. The standard InChI is InChI=1S/C85H164O17P2/c1-5-9-13-17-21-25-29-33-37-39-43-45-49-53-57-61-65-69-82(87)95-75-80(101-84(89)71-67-63-59-55-51-47-41-35-31-27-23-19-15-11-7-3)77-99-103(91,92)97-73-79(86)74-98-104(93,94)100-78-81(102-85(90)72-68-64-60-56-52-48-42-36-32-28-24-20-16-12-8-4)76-96-83(88)70-66-62-58-54-50-46-44-40-38-34-30-26-22-18-14-10-6-2/h35,41,79-81,86H,5-34,36-40,42-78H2,1-4H3,(H,91,92)(H,93,94)/b41-35-/t79-,80+,81+/m0/s1. The van der Waals surface area contributed by atoms with E-state index in [1.165, 1.54) is 270 Å². The number of allylic oxidation sites excluding steroid dienone is 2. The molecule has 0 aliphatic carbocycles. The maximum atomic E-state index is 13.1. The van der Waals surface area contributed by atoms with Crippen molar-refractivity contribution < 1.29 is 80.2 Å². The molecule has 0 fully saturated rings. The van der Waals surface area contributed by atoms with Crippen molar-refractivity contribution in [3.63, 3.8) is 0 Å². The maximum absolute atomic E-state index is 13.1. The minimum Gasteiger partial charge on any atom is -0.462 e. The number of carbonyl (C=O) groups is 4. The van der Waals surface area contributed by atoms with E-state index >= 15 is 0 Å². The first-order valence-electron chi connectivity index (χ1n) is 43.9. The molecule has 5 atom stereocenters. The first kappa shape index (κ1) is 102. The Bertz CT molecular complexity index is 2010. The van der Waals surface area contributed by atoms with Crippen molar-refractivity contribution >= 4 is 39.5 Å². The molecule has 0 heterocycles. The van der Waals surface area contributed by atoms with E-state index < -0.39 is 97.5 Å². The highest BCUT2D eigenvalue weighted by Crippen LogP contribution is 2.45. The highest BCUT2D eigenvalue weighted by Gasteiger charge is 2.30. The summed E-state index contributed by atoms with van der Waals surface area (Å²) >= 11 is 0. The largest absolute Gasteiger partial charge is 0.472 e. The molecule has 0 bridgehead atoms. The Labute approximate surface area is 638 Å². The fourth-order valence-electron chi connectivity index (χ4n) is 13.0. The van der Waals surface area contributed by atoms with E-state index in [2.05, 4.69) is 39.8 Å². The molecule has 0 aromatic rings. The Kier molecular flexibility index (Phi) is 77.2. The van der Waals surface area contributed by atoms with Crippen molar-refractivity contribution in [1.82, 2.24) is 0 Å². The number of rotatable bonds is 85. The van der Waals surface area contributed by atoms with Gasteiger partial charge in [0.25, 0.3) is 0 Å². The van der Waals surface area contributed by atoms with Crippen LogP contribution in [0.25, 0.3) is 0 Å². The molecule has 0 radical (unpaired) electrons. The van der Waals surface area contributed by atoms with Crippen molar-refractivity contribution in [2.75, 3.05) is 39.6 Å². The summed E-state index contributed by atoms with van der Waals surface area (Å²) in [6.07, 6.45) is 74.5. The number of phosphoric ester groups is 2. The van der Waals surface area contributed by atoms with Gasteiger partial charge in [0.05, 0.1) is 26.4 Å². The molecule has 0 saturated carbocycles. The first-order chi connectivity index (χ1) is 50.7. The molecular formula is C85H164O17P2. The van der Waals surface area contributed by atoms with Gasteiger partial charge < -0.3 is 33.8 Å². The van der Waals surface area contributed by atoms with Crippen molar-refractivity contribution in [1.29, 1.82) is 0 Å². The lowest BCUT2D eigenvalue weighted by Gasteiger charge is -2.21. The highest BCUT2D eigenvalue weighted by molar-refractivity contribution is 7.47. The molecule has 0 aromatic carbocycles. The number of hydrogen-bond donors (Lipinski definition) is 3. The topological polar surface area (TPSA) is 237 Å². The lowest BCUT2D eigenvalue weighted by molar-refractivity contribution is -0.161. The summed E-state index contributed by atoms with van der Waals surface area (Å²) < 4.78 is 68.9. The second-order valence-electron chi connectivity index (χ2n) is 30.2. The molecule has 0 saturated heterocycles. The Morgan fingerprint density at radius 1 is 0.260 bits per heavy atom. The minimum absolute atomic E-state index is 0.0955. The Morgan fingerprint density at radius 3 is 0.663 bits per heavy atom. The summed E-state index contributed by atoms with van der Waals surface area (Å²) in [6.45, 7) is 5.03. The van der Waals surface area contributed by atoms with Crippen LogP contribution >= 0.6 is 15.6 Å². The first-order valence-corrected chi connectivity index (χ1v) is 46.9. The smallest absolute Gasteiger partial charge is 0.462 e. The summed E-state index contributed by atoms with van der Waals surface area (Å²) in [5.41, 5.74) is 0. The number of hydrogen-bond acceptors (Lipinski definition) is 15. The van der Waals surface area contributed by atoms with E-state index in [9.17, 15) is 43.2 Å². The van der Waals surface area contributed by atoms with Crippen LogP contribution in [-0.2, 0) is 65.4 Å². The molecule has 0 amide bonds. The SMILES string of the molecule is CCCCCCCC/C=C\CCCCCCCC(=O)O[C@H](COC(=O)CCCCCCCCCCCCCCCCCCC)COP(=O)(O)OC[C@H](O)COP(=O)(O)OC[C@@H](COC(=O)CCCCCCCCCCCCCCCCCCC)OC(=O)CCCCCCCCCCCCCCCCC. The van der Waals surface area contributed by atoms with Gasteiger partial charge in [-0.1, -0.05) is 387 Å². The van der Waals surface area contributed by atoms with Crippen LogP contribution in [0.1, 0.15) is 451 Å². The number of phosphoric acid groups is 2. The Hall–Kier alpha value is -2.20. The van der Waals surface area contributed by atoms with E-state index in [1.54, 1.807) is 0 Å². The number of ether oxygens (including phenoxy) is 4. The monoisotopic (exact) mass is 1520 g/mol. The number of aliphatic hydroxyl groups is 1. The van der Waals surface area contributed by atoms with Gasteiger partial charge >= 0.3 is 39.5 Å². The van der Waals surface area contributed by atoms with Gasteiger partial charge in [0.2, 0.25) is 0 Å². The van der Waals surface area contributed by atoms with Crippen molar-refractivity contribution in [2.45, 2.75) is 470 Å². The third-order valence-electron chi connectivity index (χ3n) is 19.8. The molecule has 2 unspecified atom stereocenters. The fraction of sp³-hybridized carbons (Fsp3) is 0.929. The molecule has 0 aromatic heterocycles. The molecule has 616 valence electrons. The number of aliphatic hydroxyl groups excluding tert-OH is 1. The van der Waals surface area contributed by atoms with Crippen molar-refractivity contribution in [3.8, 4) is 0 Å². The lowest BCUT2D eigenvalue weighted by Crippen LogP contribution is -2.30. The zero-order chi connectivity index (χ0) is 76.0. The van der Waals surface area contributed by atoms with Gasteiger partial charge in [-0.25, -0.2) is 9.13 Å². The number of carbonyl (C=O) groups excluding carboxylic acids is 4. The normalized spacial score (nSPS) is 13.8. The van der Waals surface area contributed by atoms with Crippen LogP contribution in [-0.4, -0.2) is 96.7 Å². The predicted octanol–water partition coefficient (Wildman–Crippen LogP) is 25.9.